The van der Waals surface area contributed by atoms with Crippen LogP contribution in [0.4, 0.5) is 11.4 Å². The van der Waals surface area contributed by atoms with Gasteiger partial charge in [-0.05, 0) is 44.0 Å². The molecule has 1 aliphatic rings. The number of amides is 1. The zero-order chi connectivity index (χ0) is 20.4. The summed E-state index contributed by atoms with van der Waals surface area (Å²) < 4.78 is 10.8. The molecule has 0 atom stereocenters. The molecule has 3 aromatic rings. The van der Waals surface area contributed by atoms with Gasteiger partial charge in [-0.2, -0.15) is 0 Å². The van der Waals surface area contributed by atoms with Crippen molar-refractivity contribution in [3.05, 3.63) is 47.8 Å². The number of hydrogen-bond acceptors (Lipinski definition) is 6. The third kappa shape index (κ3) is 4.11. The van der Waals surface area contributed by atoms with Gasteiger partial charge in [0.15, 0.2) is 5.65 Å². The van der Waals surface area contributed by atoms with Crippen molar-refractivity contribution in [2.75, 3.05) is 32.6 Å². The van der Waals surface area contributed by atoms with Crippen molar-refractivity contribution in [2.24, 2.45) is 0 Å². The Balaban J connectivity index is 0.00000256. The average Bonchev–Trinajstić information content (AvgIpc) is 3.28. The number of hydrogen-bond donors (Lipinski definition) is 1. The number of likely N-dealkylation sites (tertiary alicyclic amines) is 1. The Morgan fingerprint density at radius 1 is 1.10 bits per heavy atom. The molecule has 2 aromatic heterocycles. The second kappa shape index (κ2) is 9.17. The molecule has 0 spiro atoms. The van der Waals surface area contributed by atoms with E-state index in [-0.39, 0.29) is 18.3 Å². The van der Waals surface area contributed by atoms with E-state index >= 15 is 0 Å². The molecule has 0 bridgehead atoms. The highest BCUT2D eigenvalue weighted by Crippen LogP contribution is 2.35. The van der Waals surface area contributed by atoms with Gasteiger partial charge >= 0.3 is 0 Å². The van der Waals surface area contributed by atoms with Gasteiger partial charge in [-0.25, -0.2) is 9.97 Å². The molecule has 1 saturated heterocycles. The smallest absolute Gasteiger partial charge is 0.257 e. The normalized spacial score (nSPS) is 13.1. The lowest BCUT2D eigenvalue weighted by Gasteiger charge is -2.20. The number of rotatable bonds is 5. The Labute approximate surface area is 181 Å². The van der Waals surface area contributed by atoms with E-state index in [2.05, 4.69) is 15.3 Å². The van der Waals surface area contributed by atoms with Crippen molar-refractivity contribution in [1.29, 1.82) is 0 Å². The lowest BCUT2D eigenvalue weighted by atomic mass is 10.1. The average molecular weight is 429 g/mol. The molecule has 1 N–H and O–H groups in total. The highest BCUT2D eigenvalue weighted by atomic mass is 35.5. The Kier molecular flexibility index (Phi) is 6.62. The maximum atomic E-state index is 13.2. The van der Waals surface area contributed by atoms with Crippen LogP contribution in [0.1, 0.15) is 28.9 Å². The molecule has 30 heavy (non-hydrogen) atoms. The van der Waals surface area contributed by atoms with Gasteiger partial charge in [-0.15, -0.1) is 12.4 Å². The van der Waals surface area contributed by atoms with E-state index in [4.69, 9.17) is 9.47 Å². The van der Waals surface area contributed by atoms with Gasteiger partial charge in [0.25, 0.3) is 5.91 Å². The minimum absolute atomic E-state index is 0. The second-order valence-electron chi connectivity index (χ2n) is 7.06. The topological polar surface area (TPSA) is 76.6 Å². The monoisotopic (exact) mass is 428 g/mol. The lowest BCUT2D eigenvalue weighted by molar-refractivity contribution is 0.0793. The predicted octanol–water partition coefficient (Wildman–Crippen LogP) is 4.36. The number of aromatic nitrogens is 2. The third-order valence-electron chi connectivity index (χ3n) is 5.16. The third-order valence-corrected chi connectivity index (χ3v) is 5.16. The van der Waals surface area contributed by atoms with E-state index in [0.29, 0.717) is 28.4 Å². The van der Waals surface area contributed by atoms with Gasteiger partial charge in [-0.3, -0.25) is 4.79 Å². The van der Waals surface area contributed by atoms with Gasteiger partial charge < -0.3 is 19.7 Å². The van der Waals surface area contributed by atoms with Crippen molar-refractivity contribution in [3.8, 4) is 11.5 Å². The minimum Gasteiger partial charge on any atom is -0.497 e. The standard InChI is InChI=1S/C22H24N4O3.ClH/c1-14-6-8-16-20(25-18-9-7-15(28-2)12-19(18)29-3)17(13-23-21(16)24-14)22(27)26-10-4-5-11-26;/h6-9,12-13H,4-5,10-11H2,1-3H3,(H,23,24,25);1H. The molecule has 158 valence electrons. The molecule has 1 fully saturated rings. The molecule has 0 unspecified atom stereocenters. The Morgan fingerprint density at radius 3 is 2.57 bits per heavy atom. The van der Waals surface area contributed by atoms with Gasteiger partial charge in [-0.1, -0.05) is 0 Å². The fourth-order valence-electron chi connectivity index (χ4n) is 3.60. The number of ether oxygens (including phenoxy) is 2. The van der Waals surface area contributed by atoms with Gasteiger partial charge in [0.2, 0.25) is 0 Å². The number of nitrogens with one attached hydrogen (secondary N) is 1. The summed E-state index contributed by atoms with van der Waals surface area (Å²) in [5, 5.41) is 4.19. The number of methoxy groups -OCH3 is 2. The molecule has 7 nitrogen and oxygen atoms in total. The molecule has 0 saturated carbocycles. The van der Waals surface area contributed by atoms with E-state index in [1.807, 2.05) is 36.1 Å². The van der Waals surface area contributed by atoms with E-state index in [0.717, 1.165) is 42.7 Å². The number of pyridine rings is 2. The zero-order valence-electron chi connectivity index (χ0n) is 17.3. The fraction of sp³-hybridized carbons (Fsp3) is 0.318. The number of anilines is 2. The Morgan fingerprint density at radius 2 is 1.87 bits per heavy atom. The molecule has 0 aliphatic carbocycles. The number of halogens is 1. The summed E-state index contributed by atoms with van der Waals surface area (Å²) in [5.74, 6) is 1.29. The number of fused-ring (bicyclic) bond motifs is 1. The van der Waals surface area contributed by atoms with Gasteiger partial charge in [0.05, 0.1) is 31.2 Å². The van der Waals surface area contributed by atoms with Crippen LogP contribution in [0.15, 0.2) is 36.5 Å². The summed E-state index contributed by atoms with van der Waals surface area (Å²) in [6.07, 6.45) is 3.68. The molecule has 3 heterocycles. The highest BCUT2D eigenvalue weighted by Gasteiger charge is 2.24. The molecule has 1 aromatic carbocycles. The number of nitrogens with zero attached hydrogens (tertiary/aromatic N) is 3. The maximum absolute atomic E-state index is 13.2. The van der Waals surface area contributed by atoms with Crippen LogP contribution in [0.2, 0.25) is 0 Å². The summed E-state index contributed by atoms with van der Waals surface area (Å²) in [7, 11) is 3.21. The number of carbonyl (C=O) groups is 1. The first-order valence-corrected chi connectivity index (χ1v) is 9.65. The zero-order valence-corrected chi connectivity index (χ0v) is 18.1. The molecular weight excluding hydrogens is 404 g/mol. The lowest BCUT2D eigenvalue weighted by Crippen LogP contribution is -2.28. The predicted molar refractivity (Wildman–Crippen MR) is 119 cm³/mol. The Hall–Kier alpha value is -3.06. The first kappa shape index (κ1) is 21.6. The maximum Gasteiger partial charge on any atom is 0.257 e. The quantitative estimate of drug-likeness (QED) is 0.650. The molecule has 0 radical (unpaired) electrons. The van der Waals surface area contributed by atoms with Crippen LogP contribution < -0.4 is 14.8 Å². The largest absolute Gasteiger partial charge is 0.497 e. The van der Waals surface area contributed by atoms with Crippen molar-refractivity contribution in [1.82, 2.24) is 14.9 Å². The summed E-state index contributed by atoms with van der Waals surface area (Å²) in [6.45, 7) is 3.46. The number of aryl methyl sites for hydroxylation is 1. The SMILES string of the molecule is COc1ccc(Nc2c(C(=O)N3CCCC3)cnc3nc(C)ccc23)c(OC)c1.Cl. The van der Waals surface area contributed by atoms with Crippen molar-refractivity contribution >= 4 is 40.7 Å². The molecule has 1 aliphatic heterocycles. The van der Waals surface area contributed by atoms with E-state index < -0.39 is 0 Å². The second-order valence-corrected chi connectivity index (χ2v) is 7.06. The van der Waals surface area contributed by atoms with Crippen LogP contribution in [0.5, 0.6) is 11.5 Å². The first-order chi connectivity index (χ1) is 14.1. The van der Waals surface area contributed by atoms with E-state index in [1.54, 1.807) is 26.5 Å². The van der Waals surface area contributed by atoms with Gasteiger partial charge in [0, 0.05) is 36.4 Å². The minimum atomic E-state index is -0.0209. The van der Waals surface area contributed by atoms with Crippen molar-refractivity contribution in [3.63, 3.8) is 0 Å². The van der Waals surface area contributed by atoms with Crippen molar-refractivity contribution < 1.29 is 14.3 Å². The molecular formula is C22H25ClN4O3. The van der Waals surface area contributed by atoms with E-state index in [1.165, 1.54) is 0 Å². The van der Waals surface area contributed by atoms with Gasteiger partial charge in [0.1, 0.15) is 11.5 Å². The van der Waals surface area contributed by atoms with Crippen LogP contribution in [0.25, 0.3) is 11.0 Å². The molecule has 8 heteroatoms. The van der Waals surface area contributed by atoms with Crippen LogP contribution in [0, 0.1) is 6.92 Å². The van der Waals surface area contributed by atoms with Crippen LogP contribution in [-0.4, -0.2) is 48.1 Å². The Bertz CT molecular complexity index is 1070. The summed E-state index contributed by atoms with van der Waals surface area (Å²) >= 11 is 0. The molecule has 4 rings (SSSR count). The summed E-state index contributed by atoms with van der Waals surface area (Å²) in [6, 6.07) is 9.39. The van der Waals surface area contributed by atoms with Crippen LogP contribution >= 0.6 is 12.4 Å². The summed E-state index contributed by atoms with van der Waals surface area (Å²) in [4.78, 5) is 24.0. The fourth-order valence-corrected chi connectivity index (χ4v) is 3.60. The molecule has 1 amide bonds. The van der Waals surface area contributed by atoms with E-state index in [9.17, 15) is 4.79 Å². The first-order valence-electron chi connectivity index (χ1n) is 9.65. The van der Waals surface area contributed by atoms with Crippen molar-refractivity contribution in [2.45, 2.75) is 19.8 Å². The highest BCUT2D eigenvalue weighted by molar-refractivity contribution is 6.07. The summed E-state index contributed by atoms with van der Waals surface area (Å²) in [5.41, 5.74) is 3.41. The number of carbonyl (C=O) groups excluding carboxylic acids is 1. The van der Waals surface area contributed by atoms with Crippen LogP contribution in [0.3, 0.4) is 0 Å². The van der Waals surface area contributed by atoms with Crippen LogP contribution in [-0.2, 0) is 0 Å². The number of benzene rings is 1.